The van der Waals surface area contributed by atoms with Crippen molar-refractivity contribution in [1.29, 1.82) is 5.26 Å². The number of nitriles is 1. The second kappa shape index (κ2) is 3.27. The minimum atomic E-state index is 0.386. The Kier molecular flexibility index (Phi) is 2.35. The largest absolute Gasteiger partial charge is 0.495 e. The predicted octanol–water partition coefficient (Wildman–Crippen LogP) is 2.22. The number of rotatable bonds is 1. The van der Waals surface area contributed by atoms with Crippen LogP contribution in [0.25, 0.3) is 0 Å². The van der Waals surface area contributed by atoms with Crippen LogP contribution in [0.2, 0.25) is 5.02 Å². The lowest BCUT2D eigenvalue weighted by molar-refractivity contribution is 0.413. The minimum absolute atomic E-state index is 0.386. The molecule has 0 aliphatic rings. The molecule has 1 aromatic carbocycles. The van der Waals surface area contributed by atoms with Gasteiger partial charge in [0.25, 0.3) is 0 Å². The van der Waals surface area contributed by atoms with Crippen LogP contribution in [0.3, 0.4) is 0 Å². The van der Waals surface area contributed by atoms with E-state index in [1.807, 2.05) is 6.07 Å². The zero-order valence-electron chi connectivity index (χ0n) is 5.97. The maximum absolute atomic E-state index is 8.62. The maximum Gasteiger partial charge on any atom is 0.138 e. The zero-order valence-corrected chi connectivity index (χ0v) is 6.72. The first-order valence-corrected chi connectivity index (χ1v) is 3.40. The highest BCUT2D eigenvalue weighted by Crippen LogP contribution is 2.24. The highest BCUT2D eigenvalue weighted by atomic mass is 35.5. The predicted molar refractivity (Wildman–Crippen MR) is 42.7 cm³/mol. The van der Waals surface area contributed by atoms with Crippen LogP contribution in [-0.4, -0.2) is 7.11 Å². The average Bonchev–Trinajstić information content (AvgIpc) is 2.04. The van der Waals surface area contributed by atoms with Crippen LogP contribution in [0.5, 0.6) is 5.75 Å². The number of ether oxygens (including phenoxy) is 1. The molecule has 0 aliphatic carbocycles. The van der Waals surface area contributed by atoms with Crippen molar-refractivity contribution in [2.24, 2.45) is 0 Å². The molecule has 0 aliphatic heterocycles. The molecular weight excluding hydrogens is 162 g/mol. The summed E-state index contributed by atoms with van der Waals surface area (Å²) in [5.74, 6) is 0.514. The Morgan fingerprint density at radius 3 is 2.73 bits per heavy atom. The van der Waals surface area contributed by atoms with Crippen LogP contribution < -0.4 is 4.74 Å². The molecule has 0 N–H and O–H groups in total. The van der Waals surface area contributed by atoms with E-state index in [2.05, 4.69) is 0 Å². The highest BCUT2D eigenvalue weighted by molar-refractivity contribution is 6.31. The number of nitrogens with zero attached hydrogens (tertiary/aromatic N) is 1. The zero-order chi connectivity index (χ0) is 8.27. The highest BCUT2D eigenvalue weighted by Gasteiger charge is 2.04. The molecule has 0 saturated carbocycles. The summed E-state index contributed by atoms with van der Waals surface area (Å²) >= 11 is 5.71. The smallest absolute Gasteiger partial charge is 0.138 e. The molecule has 1 aromatic rings. The van der Waals surface area contributed by atoms with E-state index in [9.17, 15) is 0 Å². The van der Waals surface area contributed by atoms with Crippen LogP contribution in [0, 0.1) is 11.3 Å². The maximum atomic E-state index is 8.62. The summed E-state index contributed by atoms with van der Waals surface area (Å²) in [5, 5.41) is 9.04. The summed E-state index contributed by atoms with van der Waals surface area (Å²) in [5.41, 5.74) is 0.386. The fourth-order valence-corrected chi connectivity index (χ4v) is 0.991. The van der Waals surface area contributed by atoms with Crippen molar-refractivity contribution in [3.8, 4) is 11.8 Å². The molecule has 56 valence electrons. The molecule has 3 heteroatoms. The first kappa shape index (κ1) is 7.90. The van der Waals surface area contributed by atoms with Crippen LogP contribution in [0.4, 0.5) is 0 Å². The van der Waals surface area contributed by atoms with Gasteiger partial charge < -0.3 is 4.74 Å². The van der Waals surface area contributed by atoms with Gasteiger partial charge in [0.05, 0.1) is 12.1 Å². The van der Waals surface area contributed by atoms with Crippen molar-refractivity contribution < 1.29 is 4.74 Å². The third kappa shape index (κ3) is 1.44. The van der Waals surface area contributed by atoms with Gasteiger partial charge in [0, 0.05) is 0 Å². The van der Waals surface area contributed by atoms with E-state index in [0.717, 1.165) is 0 Å². The van der Waals surface area contributed by atoms with Crippen LogP contribution >= 0.6 is 11.6 Å². The van der Waals surface area contributed by atoms with Crippen molar-refractivity contribution in [2.45, 2.75) is 0 Å². The van der Waals surface area contributed by atoms with Gasteiger partial charge in [-0.25, -0.2) is 0 Å². The third-order valence-electron chi connectivity index (χ3n) is 1.31. The Bertz CT molecular complexity index is 303. The van der Waals surface area contributed by atoms with Crippen LogP contribution in [0.15, 0.2) is 18.2 Å². The quantitative estimate of drug-likeness (QED) is 0.643. The standard InChI is InChI=1S/C8H6ClNO/c1-11-8-4-2-3-7(9)6(8)5-10/h2-4H,1H3. The van der Waals surface area contributed by atoms with Crippen LogP contribution in [0.1, 0.15) is 5.56 Å². The van der Waals surface area contributed by atoms with Gasteiger partial charge in [-0.1, -0.05) is 17.7 Å². The molecule has 1 rings (SSSR count). The van der Waals surface area contributed by atoms with Gasteiger partial charge in [0.2, 0.25) is 0 Å². The Labute approximate surface area is 70.0 Å². The normalized spacial score (nSPS) is 8.82. The Morgan fingerprint density at radius 1 is 1.55 bits per heavy atom. The second-order valence-corrected chi connectivity index (χ2v) is 2.34. The monoisotopic (exact) mass is 167 g/mol. The third-order valence-corrected chi connectivity index (χ3v) is 1.62. The number of hydrogen-bond donors (Lipinski definition) is 0. The van der Waals surface area contributed by atoms with E-state index in [1.54, 1.807) is 18.2 Å². The average molecular weight is 168 g/mol. The fourth-order valence-electron chi connectivity index (χ4n) is 0.783. The lowest BCUT2D eigenvalue weighted by Gasteiger charge is -2.01. The second-order valence-electron chi connectivity index (χ2n) is 1.93. The first-order valence-electron chi connectivity index (χ1n) is 3.02. The van der Waals surface area contributed by atoms with E-state index in [-0.39, 0.29) is 0 Å². The van der Waals surface area contributed by atoms with Crippen molar-refractivity contribution in [3.05, 3.63) is 28.8 Å². The molecule has 0 heterocycles. The minimum Gasteiger partial charge on any atom is -0.495 e. The summed E-state index contributed by atoms with van der Waals surface area (Å²) in [4.78, 5) is 0. The van der Waals surface area contributed by atoms with Gasteiger partial charge >= 0.3 is 0 Å². The van der Waals surface area contributed by atoms with Gasteiger partial charge in [-0.05, 0) is 12.1 Å². The summed E-state index contributed by atoms with van der Waals surface area (Å²) in [6, 6.07) is 7.05. The molecule has 0 atom stereocenters. The first-order chi connectivity index (χ1) is 5.29. The molecule has 0 bridgehead atoms. The molecule has 0 saturated heterocycles. The molecule has 0 amide bonds. The number of benzene rings is 1. The van der Waals surface area contributed by atoms with Gasteiger partial charge in [-0.15, -0.1) is 0 Å². The van der Waals surface area contributed by atoms with E-state index >= 15 is 0 Å². The summed E-state index contributed by atoms with van der Waals surface area (Å²) in [6.45, 7) is 0. The molecule has 2 nitrogen and oxygen atoms in total. The molecule has 11 heavy (non-hydrogen) atoms. The van der Waals surface area contributed by atoms with Crippen LogP contribution in [-0.2, 0) is 0 Å². The van der Waals surface area contributed by atoms with Gasteiger partial charge in [0.1, 0.15) is 17.4 Å². The van der Waals surface area contributed by atoms with Gasteiger partial charge in [-0.3, -0.25) is 0 Å². The molecule has 0 spiro atoms. The molecule has 0 fully saturated rings. The summed E-state index contributed by atoms with van der Waals surface area (Å²) < 4.78 is 4.91. The Balaban J connectivity index is 3.27. The number of hydrogen-bond acceptors (Lipinski definition) is 2. The van der Waals surface area contributed by atoms with Gasteiger partial charge in [-0.2, -0.15) is 5.26 Å². The molecule has 0 aromatic heterocycles. The number of methoxy groups -OCH3 is 1. The van der Waals surface area contributed by atoms with Crippen molar-refractivity contribution in [1.82, 2.24) is 0 Å². The number of halogens is 1. The summed E-state index contributed by atoms with van der Waals surface area (Å²) in [6.07, 6.45) is 0. The SMILES string of the molecule is COc1cccc(Cl)c1C#N. The molecular formula is C8H6ClNO. The van der Waals surface area contributed by atoms with E-state index < -0.39 is 0 Å². The fraction of sp³-hybridized carbons (Fsp3) is 0.125. The lowest BCUT2D eigenvalue weighted by Crippen LogP contribution is -1.87. The van der Waals surface area contributed by atoms with E-state index in [1.165, 1.54) is 7.11 Å². The van der Waals surface area contributed by atoms with Gasteiger partial charge in [0.15, 0.2) is 0 Å². The Hall–Kier alpha value is -1.20. The Morgan fingerprint density at radius 2 is 2.27 bits per heavy atom. The van der Waals surface area contributed by atoms with Crippen molar-refractivity contribution in [3.63, 3.8) is 0 Å². The molecule has 0 radical (unpaired) electrons. The lowest BCUT2D eigenvalue weighted by atomic mass is 10.2. The summed E-state index contributed by atoms with van der Waals surface area (Å²) in [7, 11) is 1.51. The molecule has 0 unspecified atom stereocenters. The van der Waals surface area contributed by atoms with E-state index in [4.69, 9.17) is 21.6 Å². The topological polar surface area (TPSA) is 33.0 Å². The van der Waals surface area contributed by atoms with Crippen molar-refractivity contribution >= 4 is 11.6 Å². The van der Waals surface area contributed by atoms with Crippen molar-refractivity contribution in [2.75, 3.05) is 7.11 Å². The van der Waals surface area contributed by atoms with E-state index in [0.29, 0.717) is 16.3 Å².